The van der Waals surface area contributed by atoms with E-state index in [-0.39, 0.29) is 6.03 Å². The maximum absolute atomic E-state index is 11.9. The maximum atomic E-state index is 11.9. The van der Waals surface area contributed by atoms with Crippen LogP contribution in [0.4, 0.5) is 16.2 Å². The van der Waals surface area contributed by atoms with Crippen molar-refractivity contribution in [2.24, 2.45) is 0 Å². The topological polar surface area (TPSA) is 41.1 Å². The highest BCUT2D eigenvalue weighted by Gasteiger charge is 2.04. The minimum atomic E-state index is -0.229. The largest absolute Gasteiger partial charge is 0.323 e. The fourth-order valence-corrected chi connectivity index (χ4v) is 1.97. The van der Waals surface area contributed by atoms with Crippen LogP contribution in [0.2, 0.25) is 0 Å². The summed E-state index contributed by atoms with van der Waals surface area (Å²) in [5.74, 6) is 0.491. The fourth-order valence-electron chi connectivity index (χ4n) is 1.97. The zero-order valence-corrected chi connectivity index (χ0v) is 12.1. The second-order valence-corrected chi connectivity index (χ2v) is 5.23. The van der Waals surface area contributed by atoms with Gasteiger partial charge in [-0.25, -0.2) is 4.79 Å². The van der Waals surface area contributed by atoms with Crippen molar-refractivity contribution in [1.82, 2.24) is 0 Å². The third kappa shape index (κ3) is 3.85. The summed E-state index contributed by atoms with van der Waals surface area (Å²) in [5, 5.41) is 5.64. The van der Waals surface area contributed by atoms with Crippen LogP contribution in [0, 0.1) is 6.92 Å². The van der Waals surface area contributed by atoms with Crippen LogP contribution in [0.1, 0.15) is 30.9 Å². The molecule has 0 spiro atoms. The van der Waals surface area contributed by atoms with Crippen LogP contribution < -0.4 is 10.6 Å². The van der Waals surface area contributed by atoms with Crippen LogP contribution in [0.25, 0.3) is 0 Å². The monoisotopic (exact) mass is 268 g/mol. The predicted molar refractivity (Wildman–Crippen MR) is 84.4 cm³/mol. The van der Waals surface area contributed by atoms with E-state index in [0.717, 1.165) is 16.9 Å². The van der Waals surface area contributed by atoms with Crippen LogP contribution in [0.15, 0.2) is 48.5 Å². The van der Waals surface area contributed by atoms with Gasteiger partial charge in [0.1, 0.15) is 0 Å². The molecule has 0 heterocycles. The fraction of sp³-hybridized carbons (Fsp3) is 0.235. The highest BCUT2D eigenvalue weighted by Crippen LogP contribution is 2.17. The van der Waals surface area contributed by atoms with Gasteiger partial charge in [0.15, 0.2) is 0 Å². The Morgan fingerprint density at radius 2 is 1.60 bits per heavy atom. The third-order valence-corrected chi connectivity index (χ3v) is 3.11. The maximum Gasteiger partial charge on any atom is 0.323 e. The Bertz CT molecular complexity index is 588. The molecule has 2 aromatic carbocycles. The molecule has 0 aliphatic heterocycles. The van der Waals surface area contributed by atoms with Crippen LogP contribution in [-0.4, -0.2) is 6.03 Å². The Hall–Kier alpha value is -2.29. The summed E-state index contributed by atoms with van der Waals surface area (Å²) in [6, 6.07) is 15.4. The minimum Gasteiger partial charge on any atom is -0.308 e. The summed E-state index contributed by atoms with van der Waals surface area (Å²) >= 11 is 0. The Labute approximate surface area is 120 Å². The van der Waals surface area contributed by atoms with Crippen molar-refractivity contribution >= 4 is 17.4 Å². The quantitative estimate of drug-likeness (QED) is 0.827. The van der Waals surface area contributed by atoms with Crippen molar-refractivity contribution < 1.29 is 4.79 Å². The zero-order valence-electron chi connectivity index (χ0n) is 12.1. The molecule has 0 atom stereocenters. The first-order valence-corrected chi connectivity index (χ1v) is 6.79. The lowest BCUT2D eigenvalue weighted by atomic mass is 10.0. The average molecular weight is 268 g/mol. The van der Waals surface area contributed by atoms with E-state index in [2.05, 4.69) is 24.5 Å². The van der Waals surface area contributed by atoms with E-state index in [4.69, 9.17) is 0 Å². The molecule has 0 aliphatic rings. The number of amides is 2. The SMILES string of the molecule is Cc1cccc(NC(=O)Nc2ccc(C(C)C)cc2)c1. The molecule has 3 heteroatoms. The molecule has 3 nitrogen and oxygen atoms in total. The second-order valence-electron chi connectivity index (χ2n) is 5.23. The molecule has 0 saturated carbocycles. The van der Waals surface area contributed by atoms with Crippen LogP contribution in [0.3, 0.4) is 0 Å². The molecule has 0 aliphatic carbocycles. The van der Waals surface area contributed by atoms with Gasteiger partial charge in [0.25, 0.3) is 0 Å². The Morgan fingerprint density at radius 1 is 0.950 bits per heavy atom. The normalized spacial score (nSPS) is 10.4. The standard InChI is InChI=1S/C17H20N2O/c1-12(2)14-7-9-15(10-8-14)18-17(20)19-16-6-4-5-13(3)11-16/h4-12H,1-3H3,(H2,18,19,20). The number of hydrogen-bond donors (Lipinski definition) is 2. The molecule has 0 radical (unpaired) electrons. The number of urea groups is 1. The highest BCUT2D eigenvalue weighted by atomic mass is 16.2. The van der Waals surface area contributed by atoms with E-state index >= 15 is 0 Å². The summed E-state index contributed by atoms with van der Waals surface area (Å²) < 4.78 is 0. The van der Waals surface area contributed by atoms with Gasteiger partial charge in [0.2, 0.25) is 0 Å². The molecule has 0 saturated heterocycles. The average Bonchev–Trinajstić information content (AvgIpc) is 2.39. The van der Waals surface area contributed by atoms with Crippen molar-refractivity contribution in [1.29, 1.82) is 0 Å². The van der Waals surface area contributed by atoms with Crippen LogP contribution in [-0.2, 0) is 0 Å². The van der Waals surface area contributed by atoms with Crippen LogP contribution >= 0.6 is 0 Å². The van der Waals surface area contributed by atoms with Gasteiger partial charge in [-0.3, -0.25) is 0 Å². The number of hydrogen-bond acceptors (Lipinski definition) is 1. The minimum absolute atomic E-state index is 0.229. The van der Waals surface area contributed by atoms with Gasteiger partial charge in [-0.05, 0) is 48.2 Å². The van der Waals surface area contributed by atoms with Crippen molar-refractivity contribution in [3.63, 3.8) is 0 Å². The lowest BCUT2D eigenvalue weighted by molar-refractivity contribution is 0.262. The number of aryl methyl sites for hydroxylation is 1. The number of nitrogens with one attached hydrogen (secondary N) is 2. The number of anilines is 2. The van der Waals surface area contributed by atoms with Crippen molar-refractivity contribution in [2.45, 2.75) is 26.7 Å². The Morgan fingerprint density at radius 3 is 2.20 bits per heavy atom. The summed E-state index contributed by atoms with van der Waals surface area (Å²) in [4.78, 5) is 11.9. The van der Waals surface area contributed by atoms with Gasteiger partial charge in [0, 0.05) is 11.4 Å². The molecule has 0 aromatic heterocycles. The molecular formula is C17H20N2O. The third-order valence-electron chi connectivity index (χ3n) is 3.11. The first kappa shape index (κ1) is 14.1. The van der Waals surface area contributed by atoms with Gasteiger partial charge in [0.05, 0.1) is 0 Å². The molecule has 2 amide bonds. The Balaban J connectivity index is 1.97. The van der Waals surface area contributed by atoms with Gasteiger partial charge in [-0.2, -0.15) is 0 Å². The van der Waals surface area contributed by atoms with E-state index in [0.29, 0.717) is 5.92 Å². The number of benzene rings is 2. The second kappa shape index (κ2) is 6.24. The van der Waals surface area contributed by atoms with Crippen molar-refractivity contribution in [3.8, 4) is 0 Å². The lowest BCUT2D eigenvalue weighted by Crippen LogP contribution is -2.19. The van der Waals surface area contributed by atoms with Gasteiger partial charge in [-0.15, -0.1) is 0 Å². The van der Waals surface area contributed by atoms with E-state index in [1.54, 1.807) is 0 Å². The molecule has 104 valence electrons. The molecule has 20 heavy (non-hydrogen) atoms. The summed E-state index contributed by atoms with van der Waals surface area (Å²) in [5.41, 5.74) is 3.96. The van der Waals surface area contributed by atoms with E-state index < -0.39 is 0 Å². The first-order valence-electron chi connectivity index (χ1n) is 6.79. The summed E-state index contributed by atoms with van der Waals surface area (Å²) in [7, 11) is 0. The molecule has 0 bridgehead atoms. The van der Waals surface area contributed by atoms with E-state index in [1.165, 1.54) is 5.56 Å². The van der Waals surface area contributed by atoms with Gasteiger partial charge >= 0.3 is 6.03 Å². The Kier molecular flexibility index (Phi) is 4.41. The number of carbonyl (C=O) groups excluding carboxylic acids is 1. The van der Waals surface area contributed by atoms with Crippen LogP contribution in [0.5, 0.6) is 0 Å². The molecule has 0 fully saturated rings. The molecular weight excluding hydrogens is 248 g/mol. The smallest absolute Gasteiger partial charge is 0.308 e. The molecule has 2 aromatic rings. The molecule has 2 rings (SSSR count). The zero-order chi connectivity index (χ0) is 14.5. The lowest BCUT2D eigenvalue weighted by Gasteiger charge is -2.10. The number of carbonyl (C=O) groups is 1. The summed E-state index contributed by atoms with van der Waals surface area (Å²) in [6.45, 7) is 6.29. The molecule has 2 N–H and O–H groups in total. The summed E-state index contributed by atoms with van der Waals surface area (Å²) in [6.07, 6.45) is 0. The van der Waals surface area contributed by atoms with Gasteiger partial charge in [-0.1, -0.05) is 38.1 Å². The van der Waals surface area contributed by atoms with Crippen molar-refractivity contribution in [3.05, 3.63) is 59.7 Å². The number of rotatable bonds is 3. The van der Waals surface area contributed by atoms with Crippen molar-refractivity contribution in [2.75, 3.05) is 10.6 Å². The predicted octanol–water partition coefficient (Wildman–Crippen LogP) is 4.76. The van der Waals surface area contributed by atoms with E-state index in [1.807, 2.05) is 55.5 Å². The van der Waals surface area contributed by atoms with Gasteiger partial charge < -0.3 is 10.6 Å². The highest BCUT2D eigenvalue weighted by molar-refractivity contribution is 5.99. The molecule has 0 unspecified atom stereocenters. The van der Waals surface area contributed by atoms with E-state index in [9.17, 15) is 4.79 Å². The first-order chi connectivity index (χ1) is 9.54.